The summed E-state index contributed by atoms with van der Waals surface area (Å²) in [4.78, 5) is 5.18. The minimum absolute atomic E-state index is 0.899. The van der Waals surface area contributed by atoms with E-state index < -0.39 is 0 Å². The van der Waals surface area contributed by atoms with Crippen molar-refractivity contribution in [1.82, 2.24) is 14.1 Å². The van der Waals surface area contributed by atoms with Crippen LogP contribution in [0.15, 0.2) is 156 Å². The van der Waals surface area contributed by atoms with E-state index in [-0.39, 0.29) is 0 Å². The third-order valence-corrected chi connectivity index (χ3v) is 9.12. The first-order chi connectivity index (χ1) is 22.3. The van der Waals surface area contributed by atoms with Crippen molar-refractivity contribution in [2.24, 2.45) is 0 Å². The van der Waals surface area contributed by atoms with Crippen LogP contribution in [0.1, 0.15) is 0 Å². The quantitative estimate of drug-likeness (QED) is 0.210. The van der Waals surface area contributed by atoms with Crippen molar-refractivity contribution >= 4 is 65.6 Å². The summed E-state index contributed by atoms with van der Waals surface area (Å²) in [5.74, 6) is 0.905. The van der Waals surface area contributed by atoms with E-state index in [1.807, 2.05) is 18.2 Å². The fraction of sp³-hybridized carbons (Fsp3) is 0. The highest BCUT2D eigenvalue weighted by Gasteiger charge is 2.21. The summed E-state index contributed by atoms with van der Waals surface area (Å²) in [5, 5.41) is 7.17. The number of aromatic nitrogens is 3. The van der Waals surface area contributed by atoms with E-state index in [4.69, 9.17) is 9.40 Å². The molecule has 6 aromatic carbocycles. The maximum absolute atomic E-state index is 6.17. The molecule has 0 aliphatic rings. The molecule has 0 fully saturated rings. The van der Waals surface area contributed by atoms with Crippen molar-refractivity contribution in [2.75, 3.05) is 0 Å². The number of hydrogen-bond donors (Lipinski definition) is 0. The van der Waals surface area contributed by atoms with Gasteiger partial charge in [-0.25, -0.2) is 4.98 Å². The smallest absolute Gasteiger partial charge is 0.138 e. The third kappa shape index (κ3) is 3.45. The predicted octanol–water partition coefficient (Wildman–Crippen LogP) is 10.8. The molecular weight excluding hydrogens is 550 g/mol. The Labute approximate surface area is 258 Å². The fourth-order valence-electron chi connectivity index (χ4n) is 7.21. The Balaban J connectivity index is 1.30. The van der Waals surface area contributed by atoms with Gasteiger partial charge in [-0.3, -0.25) is 4.57 Å². The monoisotopic (exact) mass is 575 g/mol. The molecule has 45 heavy (non-hydrogen) atoms. The Bertz CT molecular complexity index is 2760. The topological polar surface area (TPSA) is 35.9 Å². The zero-order chi connectivity index (χ0) is 29.5. The number of nitrogens with zero attached hydrogens (tertiary/aromatic N) is 3. The summed E-state index contributed by atoms with van der Waals surface area (Å²) in [6.07, 6.45) is 0. The molecule has 0 atom stereocenters. The number of furan rings is 1. The van der Waals surface area contributed by atoms with Crippen LogP contribution in [-0.4, -0.2) is 14.1 Å². The molecule has 0 aliphatic heterocycles. The van der Waals surface area contributed by atoms with Crippen LogP contribution in [0.25, 0.3) is 88.3 Å². The summed E-state index contributed by atoms with van der Waals surface area (Å²) >= 11 is 0. The van der Waals surface area contributed by atoms with Gasteiger partial charge in [0.05, 0.1) is 27.8 Å². The molecular formula is C41H25N3O. The van der Waals surface area contributed by atoms with Crippen LogP contribution in [0.5, 0.6) is 0 Å². The minimum Gasteiger partial charge on any atom is -0.456 e. The summed E-state index contributed by atoms with van der Waals surface area (Å²) < 4.78 is 10.9. The Hall–Kier alpha value is -6.13. The third-order valence-electron chi connectivity index (χ3n) is 9.12. The van der Waals surface area contributed by atoms with E-state index in [1.54, 1.807) is 0 Å². The number of hydrogen-bond acceptors (Lipinski definition) is 2. The van der Waals surface area contributed by atoms with Crippen LogP contribution in [0.2, 0.25) is 0 Å². The van der Waals surface area contributed by atoms with Crippen LogP contribution in [0.3, 0.4) is 0 Å². The highest BCUT2D eigenvalue weighted by atomic mass is 16.3. The van der Waals surface area contributed by atoms with Gasteiger partial charge in [-0.2, -0.15) is 0 Å². The van der Waals surface area contributed by atoms with E-state index in [0.717, 1.165) is 55.7 Å². The highest BCUT2D eigenvalue weighted by Crippen LogP contribution is 2.42. The molecule has 0 radical (unpaired) electrons. The molecule has 0 bridgehead atoms. The molecule has 0 saturated carbocycles. The second-order valence-corrected chi connectivity index (χ2v) is 11.6. The van der Waals surface area contributed by atoms with E-state index in [0.29, 0.717) is 0 Å². The van der Waals surface area contributed by atoms with Crippen molar-refractivity contribution in [3.8, 4) is 22.8 Å². The van der Waals surface area contributed by atoms with Gasteiger partial charge in [0.25, 0.3) is 0 Å². The molecule has 0 saturated heterocycles. The molecule has 0 N–H and O–H groups in total. The first-order valence-corrected chi connectivity index (χ1v) is 15.2. The summed E-state index contributed by atoms with van der Waals surface area (Å²) in [6.45, 7) is 0. The Kier molecular flexibility index (Phi) is 4.96. The number of pyridine rings is 1. The molecule has 4 nitrogen and oxygen atoms in total. The number of rotatable bonds is 3. The lowest BCUT2D eigenvalue weighted by molar-refractivity contribution is 0.669. The minimum atomic E-state index is 0.899. The normalized spacial score (nSPS) is 12.0. The van der Waals surface area contributed by atoms with Gasteiger partial charge in [-0.05, 0) is 60.7 Å². The Morgan fingerprint density at radius 2 is 1.04 bits per heavy atom. The average Bonchev–Trinajstić information content (AvgIpc) is 3.76. The molecule has 0 spiro atoms. The summed E-state index contributed by atoms with van der Waals surface area (Å²) in [6, 6.07) is 53.4. The van der Waals surface area contributed by atoms with Crippen LogP contribution in [-0.2, 0) is 0 Å². The van der Waals surface area contributed by atoms with Crippen LogP contribution >= 0.6 is 0 Å². The van der Waals surface area contributed by atoms with Crippen LogP contribution in [0.4, 0.5) is 0 Å². The lowest BCUT2D eigenvalue weighted by Gasteiger charge is -2.10. The van der Waals surface area contributed by atoms with Gasteiger partial charge in [0, 0.05) is 43.6 Å². The van der Waals surface area contributed by atoms with Crippen molar-refractivity contribution in [3.63, 3.8) is 0 Å². The fourth-order valence-corrected chi connectivity index (χ4v) is 7.21. The zero-order valence-corrected chi connectivity index (χ0v) is 24.2. The van der Waals surface area contributed by atoms with Gasteiger partial charge in [-0.15, -0.1) is 0 Å². The lowest BCUT2D eigenvalue weighted by Crippen LogP contribution is -1.98. The second-order valence-electron chi connectivity index (χ2n) is 11.6. The van der Waals surface area contributed by atoms with E-state index in [2.05, 4.69) is 143 Å². The molecule has 10 aromatic rings. The molecule has 4 heteroatoms. The second kappa shape index (κ2) is 9.18. The Morgan fingerprint density at radius 3 is 1.82 bits per heavy atom. The van der Waals surface area contributed by atoms with Crippen molar-refractivity contribution < 1.29 is 4.42 Å². The number of fused-ring (bicyclic) bond motifs is 10. The maximum atomic E-state index is 6.17. The van der Waals surface area contributed by atoms with Crippen molar-refractivity contribution in [2.45, 2.75) is 0 Å². The van der Waals surface area contributed by atoms with Gasteiger partial charge < -0.3 is 8.98 Å². The van der Waals surface area contributed by atoms with Gasteiger partial charge in [-0.1, -0.05) is 91.0 Å². The van der Waals surface area contributed by atoms with E-state index >= 15 is 0 Å². The largest absolute Gasteiger partial charge is 0.456 e. The predicted molar refractivity (Wildman–Crippen MR) is 186 cm³/mol. The molecule has 4 aromatic heterocycles. The van der Waals surface area contributed by atoms with Crippen molar-refractivity contribution in [1.29, 1.82) is 0 Å². The number of benzene rings is 6. The van der Waals surface area contributed by atoms with Gasteiger partial charge in [0.1, 0.15) is 17.0 Å². The van der Waals surface area contributed by atoms with Crippen LogP contribution in [0, 0.1) is 0 Å². The van der Waals surface area contributed by atoms with Crippen molar-refractivity contribution in [3.05, 3.63) is 152 Å². The zero-order valence-electron chi connectivity index (χ0n) is 24.2. The summed E-state index contributed by atoms with van der Waals surface area (Å²) in [5.41, 5.74) is 9.61. The molecule has 0 unspecified atom stereocenters. The van der Waals surface area contributed by atoms with E-state index in [1.165, 1.54) is 32.6 Å². The lowest BCUT2D eigenvalue weighted by atomic mass is 10.1. The Morgan fingerprint density at radius 1 is 0.422 bits per heavy atom. The number of para-hydroxylation sites is 3. The molecule has 210 valence electrons. The maximum Gasteiger partial charge on any atom is 0.138 e. The van der Waals surface area contributed by atoms with Gasteiger partial charge in [0.15, 0.2) is 0 Å². The molecule has 0 amide bonds. The van der Waals surface area contributed by atoms with Gasteiger partial charge in [0.2, 0.25) is 0 Å². The molecule has 4 heterocycles. The SMILES string of the molecule is c1ccc(-c2cccc(-n3c4ccccc4c4c5c6ccccc6n(-c6ccc7oc8ccccc8c7c6)c5ccc43)n2)cc1. The van der Waals surface area contributed by atoms with Gasteiger partial charge >= 0.3 is 0 Å². The standard InChI is InChI=1S/C41H25N3O/c1-2-11-26(12-3-1)32-16-10-20-39(42-32)44-34-18-8-5-15-30(34)41-36(44)23-22-35-40(41)29-14-4-7-17-33(29)43(35)27-21-24-38-31(25-27)28-13-6-9-19-37(28)45-38/h1-25H. The molecule has 0 aliphatic carbocycles. The first-order valence-electron chi connectivity index (χ1n) is 15.2. The molecule has 10 rings (SSSR count). The van der Waals surface area contributed by atoms with E-state index in [9.17, 15) is 0 Å². The average molecular weight is 576 g/mol. The highest BCUT2D eigenvalue weighted by molar-refractivity contribution is 6.29. The first kappa shape index (κ1) is 24.3. The summed E-state index contributed by atoms with van der Waals surface area (Å²) in [7, 11) is 0. The van der Waals surface area contributed by atoms with Crippen LogP contribution < -0.4 is 0 Å².